The zero-order chi connectivity index (χ0) is 16.0. The van der Waals surface area contributed by atoms with Crippen LogP contribution in [0.15, 0.2) is 48.5 Å². The number of aliphatic carboxylic acids is 1. The highest BCUT2D eigenvalue weighted by Gasteiger charge is 2.34. The fourth-order valence-corrected chi connectivity index (χ4v) is 3.44. The van der Waals surface area contributed by atoms with Gasteiger partial charge in [-0.2, -0.15) is 0 Å². The number of quaternary nitrogens is 1. The van der Waals surface area contributed by atoms with Crippen molar-refractivity contribution in [2.24, 2.45) is 0 Å². The van der Waals surface area contributed by atoms with E-state index in [4.69, 9.17) is 0 Å². The number of nitrogens with one attached hydrogen (secondary N) is 1. The number of aromatic amines is 1. The smallest absolute Gasteiger partial charge is 0.153 e. The molecule has 0 bridgehead atoms. The van der Waals surface area contributed by atoms with Crippen molar-refractivity contribution in [1.29, 1.82) is 0 Å². The summed E-state index contributed by atoms with van der Waals surface area (Å²) >= 11 is 0. The quantitative estimate of drug-likeness (QED) is 0.631. The van der Waals surface area contributed by atoms with Crippen molar-refractivity contribution in [2.45, 2.75) is 18.5 Å². The van der Waals surface area contributed by atoms with Crippen LogP contribution in [0, 0.1) is 0 Å². The molecular weight excluding hydrogens is 292 g/mol. The average Bonchev–Trinajstić information content (AvgIpc) is 2.93. The van der Waals surface area contributed by atoms with Gasteiger partial charge in [-0.25, -0.2) is 0 Å². The van der Waals surface area contributed by atoms with Crippen molar-refractivity contribution >= 4 is 16.9 Å². The number of hydrogen-bond acceptors (Lipinski definition) is 3. The Morgan fingerprint density at radius 1 is 1.17 bits per heavy atom. The molecule has 0 aliphatic carbocycles. The predicted molar refractivity (Wildman–Crippen MR) is 82.7 cm³/mol. The van der Waals surface area contributed by atoms with Crippen LogP contribution in [0.1, 0.15) is 22.9 Å². The maximum atomic E-state index is 11.5. The number of nitrogens with two attached hydrogens (primary N) is 1. The van der Waals surface area contributed by atoms with Crippen molar-refractivity contribution < 1.29 is 20.3 Å². The lowest BCUT2D eigenvalue weighted by Crippen LogP contribution is -2.95. The standard InChI is InChI=1S/C18H16N2O3/c21-11-7-5-10(6-8-11)16-17-13(9-15(20-16)18(22)23)12-3-1-2-4-14(12)19-17/h1-8,15-16,19-21H,9H2,(H,22,23)/t15-,16-/m1/s1. The minimum absolute atomic E-state index is 0.158. The van der Waals surface area contributed by atoms with Crippen LogP contribution in [0.25, 0.3) is 10.9 Å². The van der Waals surface area contributed by atoms with Gasteiger partial charge in [-0.1, -0.05) is 18.2 Å². The molecule has 3 aromatic rings. The van der Waals surface area contributed by atoms with Crippen molar-refractivity contribution in [2.75, 3.05) is 0 Å². The first kappa shape index (κ1) is 13.8. The number of aromatic hydroxyl groups is 1. The van der Waals surface area contributed by atoms with Crippen LogP contribution in [0.4, 0.5) is 0 Å². The molecule has 116 valence electrons. The Labute approximate surface area is 132 Å². The Morgan fingerprint density at radius 2 is 1.91 bits per heavy atom. The van der Waals surface area contributed by atoms with Gasteiger partial charge in [0, 0.05) is 22.9 Å². The van der Waals surface area contributed by atoms with E-state index in [0.717, 1.165) is 27.7 Å². The fourth-order valence-electron chi connectivity index (χ4n) is 3.44. The van der Waals surface area contributed by atoms with E-state index in [-0.39, 0.29) is 11.8 Å². The number of carboxylic acids is 1. The van der Waals surface area contributed by atoms with E-state index in [1.54, 1.807) is 12.1 Å². The number of carboxylic acid groups (broad SMARTS) is 1. The van der Waals surface area contributed by atoms with E-state index in [9.17, 15) is 15.0 Å². The number of phenols is 1. The second kappa shape index (κ2) is 5.14. The van der Waals surface area contributed by atoms with Gasteiger partial charge in [0.1, 0.15) is 11.8 Å². The van der Waals surface area contributed by atoms with Crippen molar-refractivity contribution in [3.05, 3.63) is 65.4 Å². The second-order valence-corrected chi connectivity index (χ2v) is 5.95. The molecule has 4 rings (SSSR count). The molecule has 1 aliphatic heterocycles. The molecule has 2 heterocycles. The molecule has 23 heavy (non-hydrogen) atoms. The largest absolute Gasteiger partial charge is 0.544 e. The van der Waals surface area contributed by atoms with Gasteiger partial charge in [0.05, 0.1) is 11.7 Å². The van der Waals surface area contributed by atoms with Gasteiger partial charge in [0.2, 0.25) is 0 Å². The average molecular weight is 308 g/mol. The molecular formula is C18H16N2O3. The lowest BCUT2D eigenvalue weighted by Gasteiger charge is -2.28. The van der Waals surface area contributed by atoms with E-state index >= 15 is 0 Å². The van der Waals surface area contributed by atoms with Crippen molar-refractivity contribution in [1.82, 2.24) is 4.98 Å². The summed E-state index contributed by atoms with van der Waals surface area (Å²) in [6, 6.07) is 14.0. The van der Waals surface area contributed by atoms with Crippen molar-refractivity contribution in [3.63, 3.8) is 0 Å². The number of phenolic OH excluding ortho intramolecular Hbond substituents is 1. The minimum atomic E-state index is -1.05. The summed E-state index contributed by atoms with van der Waals surface area (Å²) in [5, 5.41) is 23.8. The Kier molecular flexibility index (Phi) is 3.09. The van der Waals surface area contributed by atoms with Crippen LogP contribution in [-0.2, 0) is 11.2 Å². The first-order valence-electron chi connectivity index (χ1n) is 7.58. The molecule has 5 heteroatoms. The maximum absolute atomic E-state index is 11.5. The van der Waals surface area contributed by atoms with Crippen LogP contribution in [-0.4, -0.2) is 22.1 Å². The Bertz CT molecular complexity index is 883. The summed E-state index contributed by atoms with van der Waals surface area (Å²) in [6.07, 6.45) is 0.441. The molecule has 0 spiro atoms. The monoisotopic (exact) mass is 308 g/mol. The fraction of sp³-hybridized carbons (Fsp3) is 0.167. The van der Waals surface area contributed by atoms with Crippen LogP contribution < -0.4 is 10.4 Å². The Morgan fingerprint density at radius 3 is 2.65 bits per heavy atom. The second-order valence-electron chi connectivity index (χ2n) is 5.95. The number of carbonyl (C=O) groups excluding carboxylic acids is 1. The first-order valence-corrected chi connectivity index (χ1v) is 7.58. The van der Waals surface area contributed by atoms with E-state index in [1.807, 2.05) is 41.7 Å². The molecule has 0 unspecified atom stereocenters. The molecule has 4 N–H and O–H groups in total. The molecule has 5 nitrogen and oxygen atoms in total. The summed E-state index contributed by atoms with van der Waals surface area (Å²) in [5.41, 5.74) is 4.01. The predicted octanol–water partition coefficient (Wildman–Crippen LogP) is 0.201. The van der Waals surface area contributed by atoms with Crippen molar-refractivity contribution in [3.8, 4) is 5.75 Å². The topological polar surface area (TPSA) is 92.8 Å². The zero-order valence-electron chi connectivity index (χ0n) is 12.3. The van der Waals surface area contributed by atoms with Gasteiger partial charge in [0.25, 0.3) is 0 Å². The number of benzene rings is 2. The van der Waals surface area contributed by atoms with E-state index in [1.165, 1.54) is 0 Å². The number of aromatic nitrogens is 1. The van der Waals surface area contributed by atoms with E-state index in [2.05, 4.69) is 4.98 Å². The highest BCUT2D eigenvalue weighted by Crippen LogP contribution is 2.32. The molecule has 0 saturated heterocycles. The van der Waals surface area contributed by atoms with Gasteiger partial charge >= 0.3 is 0 Å². The number of H-pyrrole nitrogens is 1. The number of hydrogen-bond donors (Lipinski definition) is 3. The van der Waals surface area contributed by atoms with E-state index in [0.29, 0.717) is 6.42 Å². The van der Waals surface area contributed by atoms with Gasteiger partial charge in [-0.05, 0) is 35.9 Å². The first-order chi connectivity index (χ1) is 11.1. The van der Waals surface area contributed by atoms with Gasteiger partial charge in [-0.3, -0.25) is 0 Å². The van der Waals surface area contributed by atoms with Crippen LogP contribution >= 0.6 is 0 Å². The number of carbonyl (C=O) groups is 1. The molecule has 0 fully saturated rings. The Hall–Kier alpha value is -2.79. The highest BCUT2D eigenvalue weighted by atomic mass is 16.4. The molecule has 0 radical (unpaired) electrons. The third-order valence-corrected chi connectivity index (χ3v) is 4.56. The normalized spacial score (nSPS) is 20.3. The van der Waals surface area contributed by atoms with Gasteiger partial charge < -0.3 is 25.3 Å². The summed E-state index contributed by atoms with van der Waals surface area (Å²) in [7, 11) is 0. The SMILES string of the molecule is O=C([O-])[C@H]1Cc2c([nH]c3ccccc23)[C@@H](c2ccc(O)cc2)[NH2+]1. The third-order valence-electron chi connectivity index (χ3n) is 4.56. The molecule has 1 aromatic heterocycles. The van der Waals surface area contributed by atoms with Crippen LogP contribution in [0.5, 0.6) is 5.75 Å². The molecule has 1 aliphatic rings. The lowest BCUT2D eigenvalue weighted by molar-refractivity contribution is -0.717. The summed E-state index contributed by atoms with van der Waals surface area (Å²) in [4.78, 5) is 14.9. The zero-order valence-corrected chi connectivity index (χ0v) is 12.3. The van der Waals surface area contributed by atoms with Gasteiger partial charge in [0.15, 0.2) is 6.04 Å². The summed E-state index contributed by atoms with van der Waals surface area (Å²) < 4.78 is 0. The summed E-state index contributed by atoms with van der Waals surface area (Å²) in [6.45, 7) is 0. The minimum Gasteiger partial charge on any atom is -0.544 e. The lowest BCUT2D eigenvalue weighted by atomic mass is 9.90. The molecule has 2 aromatic carbocycles. The maximum Gasteiger partial charge on any atom is 0.153 e. The van der Waals surface area contributed by atoms with E-state index < -0.39 is 12.0 Å². The highest BCUT2D eigenvalue weighted by molar-refractivity contribution is 5.86. The van der Waals surface area contributed by atoms with Crippen LogP contribution in [0.2, 0.25) is 0 Å². The molecule has 0 saturated carbocycles. The summed E-state index contributed by atoms with van der Waals surface area (Å²) in [5.74, 6) is -0.859. The van der Waals surface area contributed by atoms with Crippen LogP contribution in [0.3, 0.4) is 0 Å². The number of rotatable bonds is 2. The molecule has 0 amide bonds. The Balaban J connectivity index is 1.89. The molecule has 2 atom stereocenters. The third kappa shape index (κ3) is 2.26. The number of fused-ring (bicyclic) bond motifs is 3. The number of para-hydroxylation sites is 1. The van der Waals surface area contributed by atoms with Gasteiger partial charge in [-0.15, -0.1) is 0 Å².